The van der Waals surface area contributed by atoms with Crippen molar-refractivity contribution in [2.75, 3.05) is 0 Å². The fourth-order valence-corrected chi connectivity index (χ4v) is 2.80. The summed E-state index contributed by atoms with van der Waals surface area (Å²) >= 11 is 5.78. The van der Waals surface area contributed by atoms with Gasteiger partial charge in [0.2, 0.25) is 0 Å². The molecule has 1 aromatic carbocycles. The van der Waals surface area contributed by atoms with E-state index in [1.807, 2.05) is 24.3 Å². The first kappa shape index (κ1) is 13.4. The van der Waals surface area contributed by atoms with Gasteiger partial charge in [-0.05, 0) is 36.5 Å². The molecule has 2 unspecified atom stereocenters. The topological polar surface area (TPSA) is 29.1 Å². The molecule has 2 atom stereocenters. The predicted molar refractivity (Wildman–Crippen MR) is 74.9 cm³/mol. The molecule has 18 heavy (non-hydrogen) atoms. The Morgan fingerprint density at radius 3 is 3.00 bits per heavy atom. The number of amides is 1. The Morgan fingerprint density at radius 1 is 1.44 bits per heavy atom. The smallest absolute Gasteiger partial charge is 0.251 e. The largest absolute Gasteiger partial charge is 0.349 e. The molecule has 2 nitrogen and oxygen atoms in total. The first-order valence-corrected chi connectivity index (χ1v) is 7.18. The van der Waals surface area contributed by atoms with Crippen molar-refractivity contribution in [3.63, 3.8) is 0 Å². The number of hydrogen-bond donors (Lipinski definition) is 1. The highest BCUT2D eigenvalue weighted by atomic mass is 35.5. The van der Waals surface area contributed by atoms with Crippen LogP contribution >= 0.6 is 11.6 Å². The maximum Gasteiger partial charge on any atom is 0.251 e. The minimum Gasteiger partial charge on any atom is -0.349 e. The van der Waals surface area contributed by atoms with E-state index in [4.69, 9.17) is 11.6 Å². The fourth-order valence-electron chi connectivity index (χ4n) is 2.63. The molecule has 1 N–H and O–H groups in total. The number of nitrogens with one attached hydrogen (secondary N) is 1. The molecule has 1 aliphatic rings. The molecule has 1 fully saturated rings. The molecule has 0 heterocycles. The summed E-state index contributed by atoms with van der Waals surface area (Å²) in [5.41, 5.74) is 1.70. The average molecular weight is 266 g/mol. The summed E-state index contributed by atoms with van der Waals surface area (Å²) in [6.07, 6.45) is 4.70. The molecule has 98 valence electrons. The van der Waals surface area contributed by atoms with Crippen molar-refractivity contribution in [2.45, 2.75) is 44.5 Å². The summed E-state index contributed by atoms with van der Waals surface area (Å²) in [4.78, 5) is 12.1. The lowest BCUT2D eigenvalue weighted by Gasteiger charge is -2.27. The highest BCUT2D eigenvalue weighted by molar-refractivity contribution is 6.17. The first-order valence-electron chi connectivity index (χ1n) is 6.65. The van der Waals surface area contributed by atoms with Gasteiger partial charge in [0.15, 0.2) is 0 Å². The van der Waals surface area contributed by atoms with Crippen molar-refractivity contribution in [3.05, 3.63) is 35.4 Å². The molecular formula is C15H20ClNO. The van der Waals surface area contributed by atoms with Crippen molar-refractivity contribution in [3.8, 4) is 0 Å². The molecule has 1 aromatic rings. The molecule has 0 bridgehead atoms. The fraction of sp³-hybridized carbons (Fsp3) is 0.533. The second-order valence-corrected chi connectivity index (χ2v) is 5.54. The van der Waals surface area contributed by atoms with E-state index in [1.54, 1.807) is 0 Å². The van der Waals surface area contributed by atoms with Crippen molar-refractivity contribution in [1.82, 2.24) is 5.32 Å². The van der Waals surface area contributed by atoms with Crippen LogP contribution in [-0.4, -0.2) is 11.9 Å². The molecule has 0 spiro atoms. The minimum absolute atomic E-state index is 0.0288. The van der Waals surface area contributed by atoms with Crippen LogP contribution in [-0.2, 0) is 5.88 Å². The van der Waals surface area contributed by atoms with E-state index >= 15 is 0 Å². The SMILES string of the molecule is CC1CCCC(NC(=O)c2cccc(CCl)c2)C1. The van der Waals surface area contributed by atoms with Crippen LogP contribution < -0.4 is 5.32 Å². The molecule has 3 heteroatoms. The van der Waals surface area contributed by atoms with Crippen LogP contribution in [0.1, 0.15) is 48.5 Å². The zero-order chi connectivity index (χ0) is 13.0. The zero-order valence-electron chi connectivity index (χ0n) is 10.8. The summed E-state index contributed by atoms with van der Waals surface area (Å²) in [5.74, 6) is 1.20. The van der Waals surface area contributed by atoms with Gasteiger partial charge in [0.05, 0.1) is 0 Å². The first-order chi connectivity index (χ1) is 8.69. The van der Waals surface area contributed by atoms with E-state index in [2.05, 4.69) is 12.2 Å². The Hall–Kier alpha value is -1.02. The molecule has 0 aliphatic heterocycles. The van der Waals surface area contributed by atoms with Crippen LogP contribution in [0.4, 0.5) is 0 Å². The number of benzene rings is 1. The van der Waals surface area contributed by atoms with Crippen LogP contribution in [0.5, 0.6) is 0 Å². The Morgan fingerprint density at radius 2 is 2.28 bits per heavy atom. The van der Waals surface area contributed by atoms with E-state index in [1.165, 1.54) is 12.8 Å². The quantitative estimate of drug-likeness (QED) is 0.829. The monoisotopic (exact) mass is 265 g/mol. The highest BCUT2D eigenvalue weighted by Gasteiger charge is 2.20. The number of alkyl halides is 1. The molecule has 1 aliphatic carbocycles. The minimum atomic E-state index is 0.0288. The zero-order valence-corrected chi connectivity index (χ0v) is 11.5. The third-order valence-electron chi connectivity index (χ3n) is 3.62. The summed E-state index contributed by atoms with van der Waals surface area (Å²) < 4.78 is 0. The van der Waals surface area contributed by atoms with Crippen molar-refractivity contribution in [1.29, 1.82) is 0 Å². The van der Waals surface area contributed by atoms with E-state index in [-0.39, 0.29) is 5.91 Å². The van der Waals surface area contributed by atoms with Gasteiger partial charge in [-0.15, -0.1) is 11.6 Å². The number of carbonyl (C=O) groups excluding carboxylic acids is 1. The third-order valence-corrected chi connectivity index (χ3v) is 3.92. The maximum atomic E-state index is 12.1. The van der Waals surface area contributed by atoms with Crippen LogP contribution in [0.15, 0.2) is 24.3 Å². The third kappa shape index (κ3) is 3.49. The highest BCUT2D eigenvalue weighted by Crippen LogP contribution is 2.23. The van der Waals surface area contributed by atoms with Crippen LogP contribution in [0, 0.1) is 5.92 Å². The Labute approximate surface area is 114 Å². The standard InChI is InChI=1S/C15H20ClNO/c1-11-4-2-7-14(8-11)17-15(18)13-6-3-5-12(9-13)10-16/h3,5-6,9,11,14H,2,4,7-8,10H2,1H3,(H,17,18). The van der Waals surface area contributed by atoms with Crippen LogP contribution in [0.2, 0.25) is 0 Å². The molecule has 0 radical (unpaired) electrons. The number of hydrogen-bond acceptors (Lipinski definition) is 1. The molecule has 0 saturated heterocycles. The Balaban J connectivity index is 1.98. The molecule has 1 saturated carbocycles. The second-order valence-electron chi connectivity index (χ2n) is 5.28. The van der Waals surface area contributed by atoms with E-state index in [0.29, 0.717) is 17.5 Å². The van der Waals surface area contributed by atoms with E-state index in [0.717, 1.165) is 24.3 Å². The van der Waals surface area contributed by atoms with Gasteiger partial charge in [-0.3, -0.25) is 4.79 Å². The van der Waals surface area contributed by atoms with Gasteiger partial charge in [-0.25, -0.2) is 0 Å². The summed E-state index contributed by atoms with van der Waals surface area (Å²) in [5, 5.41) is 3.13. The lowest BCUT2D eigenvalue weighted by Crippen LogP contribution is -2.37. The molecular weight excluding hydrogens is 246 g/mol. The summed E-state index contributed by atoms with van der Waals surface area (Å²) in [6, 6.07) is 7.87. The maximum absolute atomic E-state index is 12.1. The van der Waals surface area contributed by atoms with Gasteiger partial charge in [0.1, 0.15) is 0 Å². The molecule has 0 aromatic heterocycles. The Kier molecular flexibility index (Phi) is 4.65. The van der Waals surface area contributed by atoms with Crippen molar-refractivity contribution < 1.29 is 4.79 Å². The van der Waals surface area contributed by atoms with Crippen LogP contribution in [0.25, 0.3) is 0 Å². The lowest BCUT2D eigenvalue weighted by molar-refractivity contribution is 0.0921. The van der Waals surface area contributed by atoms with Gasteiger partial charge in [0, 0.05) is 17.5 Å². The normalized spacial score (nSPS) is 23.7. The van der Waals surface area contributed by atoms with E-state index in [9.17, 15) is 4.79 Å². The number of halogens is 1. The van der Waals surface area contributed by atoms with Crippen LogP contribution in [0.3, 0.4) is 0 Å². The second kappa shape index (κ2) is 6.24. The predicted octanol–water partition coefficient (Wildman–Crippen LogP) is 3.73. The average Bonchev–Trinajstić information content (AvgIpc) is 2.39. The van der Waals surface area contributed by atoms with Crippen molar-refractivity contribution in [2.24, 2.45) is 5.92 Å². The molecule has 2 rings (SSSR count). The molecule has 1 amide bonds. The lowest BCUT2D eigenvalue weighted by atomic mass is 9.87. The number of carbonyl (C=O) groups is 1. The van der Waals surface area contributed by atoms with Gasteiger partial charge in [-0.1, -0.05) is 31.9 Å². The Bertz CT molecular complexity index is 419. The van der Waals surface area contributed by atoms with Crippen molar-refractivity contribution >= 4 is 17.5 Å². The summed E-state index contributed by atoms with van der Waals surface area (Å²) in [6.45, 7) is 2.26. The van der Waals surface area contributed by atoms with Gasteiger partial charge < -0.3 is 5.32 Å². The number of rotatable bonds is 3. The van der Waals surface area contributed by atoms with Gasteiger partial charge in [0.25, 0.3) is 5.91 Å². The van der Waals surface area contributed by atoms with Gasteiger partial charge in [-0.2, -0.15) is 0 Å². The van der Waals surface area contributed by atoms with Gasteiger partial charge >= 0.3 is 0 Å². The summed E-state index contributed by atoms with van der Waals surface area (Å²) in [7, 11) is 0. The van der Waals surface area contributed by atoms with E-state index < -0.39 is 0 Å².